The van der Waals surface area contributed by atoms with Gasteiger partial charge in [0.15, 0.2) is 0 Å². The molecule has 0 aromatic carbocycles. The zero-order chi connectivity index (χ0) is 11.2. The van der Waals surface area contributed by atoms with Gasteiger partial charge >= 0.3 is 0 Å². The van der Waals surface area contributed by atoms with Crippen LogP contribution in [0.4, 0.5) is 0 Å². The van der Waals surface area contributed by atoms with Crippen LogP contribution >= 0.6 is 12.6 Å². The second-order valence-electron chi connectivity index (χ2n) is 2.91. The minimum absolute atomic E-state index is 0.620. The first-order valence-corrected chi connectivity index (χ1v) is 5.88. The van der Waals surface area contributed by atoms with Crippen molar-refractivity contribution in [1.82, 2.24) is 0 Å². The molecule has 0 unspecified atom stereocenters. The maximum Gasteiger partial charge on any atom is 0.0701 e. The van der Waals surface area contributed by atoms with Crippen molar-refractivity contribution in [3.05, 3.63) is 0 Å². The fourth-order valence-corrected chi connectivity index (χ4v) is 1.04. The van der Waals surface area contributed by atoms with E-state index in [0.717, 1.165) is 25.4 Å². The second-order valence-corrected chi connectivity index (χ2v) is 3.35. The summed E-state index contributed by atoms with van der Waals surface area (Å²) in [6, 6.07) is 0. The molecule has 0 aliphatic heterocycles. The van der Waals surface area contributed by atoms with Gasteiger partial charge < -0.3 is 18.9 Å². The van der Waals surface area contributed by atoms with Gasteiger partial charge in [-0.15, -0.1) is 0 Å². The van der Waals surface area contributed by atoms with Crippen LogP contribution in [0.1, 0.15) is 6.42 Å². The summed E-state index contributed by atoms with van der Waals surface area (Å²) in [6.45, 7) is 4.67. The molecule has 0 heterocycles. The molecule has 0 aromatic heterocycles. The first kappa shape index (κ1) is 15.2. The highest BCUT2D eigenvalue weighted by Crippen LogP contribution is 1.85. The van der Waals surface area contributed by atoms with Crippen molar-refractivity contribution in [2.45, 2.75) is 6.42 Å². The van der Waals surface area contributed by atoms with Crippen LogP contribution < -0.4 is 0 Å². The van der Waals surface area contributed by atoms with Gasteiger partial charge in [-0.05, 0) is 6.42 Å². The zero-order valence-corrected chi connectivity index (χ0v) is 10.3. The van der Waals surface area contributed by atoms with Crippen molar-refractivity contribution in [3.63, 3.8) is 0 Å². The Morgan fingerprint density at radius 1 is 0.733 bits per heavy atom. The Morgan fingerprint density at radius 2 is 1.27 bits per heavy atom. The van der Waals surface area contributed by atoms with E-state index in [4.69, 9.17) is 18.9 Å². The standard InChI is InChI=1S/C10H22O4S/c1-11-3-2-4-12-5-6-13-7-8-14-9-10-15/h15H,2-10H2,1H3. The molecule has 4 nitrogen and oxygen atoms in total. The lowest BCUT2D eigenvalue weighted by molar-refractivity contribution is 0.0139. The zero-order valence-electron chi connectivity index (χ0n) is 9.44. The summed E-state index contributed by atoms with van der Waals surface area (Å²) >= 11 is 4.02. The molecular formula is C10H22O4S. The lowest BCUT2D eigenvalue weighted by Gasteiger charge is -2.05. The molecule has 15 heavy (non-hydrogen) atoms. The van der Waals surface area contributed by atoms with E-state index < -0.39 is 0 Å². The molecule has 0 rings (SSSR count). The maximum atomic E-state index is 5.31. The van der Waals surface area contributed by atoms with Crippen LogP contribution in [0.15, 0.2) is 0 Å². The monoisotopic (exact) mass is 238 g/mol. The SMILES string of the molecule is COCCCOCCOCCOCCS. The lowest BCUT2D eigenvalue weighted by atomic mass is 10.5. The fraction of sp³-hybridized carbons (Fsp3) is 1.00. The molecule has 0 amide bonds. The number of hydrogen-bond donors (Lipinski definition) is 1. The molecule has 0 saturated heterocycles. The van der Waals surface area contributed by atoms with Crippen LogP contribution in [0.3, 0.4) is 0 Å². The van der Waals surface area contributed by atoms with Gasteiger partial charge in [0, 0.05) is 26.1 Å². The quantitative estimate of drug-likeness (QED) is 0.406. The third kappa shape index (κ3) is 14.2. The number of ether oxygens (including phenoxy) is 4. The highest BCUT2D eigenvalue weighted by Gasteiger charge is 1.91. The molecule has 0 radical (unpaired) electrons. The predicted octanol–water partition coefficient (Wildman–Crippen LogP) is 1.00. The molecule has 0 fully saturated rings. The van der Waals surface area contributed by atoms with Gasteiger partial charge in [-0.25, -0.2) is 0 Å². The van der Waals surface area contributed by atoms with Gasteiger partial charge in [0.1, 0.15) is 0 Å². The molecule has 0 aromatic rings. The van der Waals surface area contributed by atoms with Crippen LogP contribution in [0.25, 0.3) is 0 Å². The highest BCUT2D eigenvalue weighted by atomic mass is 32.1. The summed E-state index contributed by atoms with van der Waals surface area (Å²) in [6.07, 6.45) is 0.932. The summed E-state index contributed by atoms with van der Waals surface area (Å²) in [5, 5.41) is 0. The third-order valence-corrected chi connectivity index (χ3v) is 1.80. The van der Waals surface area contributed by atoms with Crippen LogP contribution in [0.2, 0.25) is 0 Å². The molecule has 0 atom stereocenters. The highest BCUT2D eigenvalue weighted by molar-refractivity contribution is 7.80. The first-order chi connectivity index (χ1) is 7.41. The van der Waals surface area contributed by atoms with Crippen molar-refractivity contribution >= 4 is 12.6 Å². The largest absolute Gasteiger partial charge is 0.385 e. The van der Waals surface area contributed by atoms with Crippen molar-refractivity contribution in [2.75, 3.05) is 59.1 Å². The summed E-state index contributed by atoms with van der Waals surface area (Å²) < 4.78 is 20.7. The topological polar surface area (TPSA) is 36.9 Å². The molecular weight excluding hydrogens is 216 g/mol. The fourth-order valence-electron chi connectivity index (χ4n) is 0.912. The van der Waals surface area contributed by atoms with Crippen molar-refractivity contribution in [3.8, 4) is 0 Å². The molecule has 0 aliphatic rings. The van der Waals surface area contributed by atoms with Gasteiger partial charge in [0.25, 0.3) is 0 Å². The van der Waals surface area contributed by atoms with Crippen molar-refractivity contribution in [1.29, 1.82) is 0 Å². The Bertz CT molecular complexity index is 102. The summed E-state index contributed by atoms with van der Waals surface area (Å²) in [7, 11) is 1.69. The summed E-state index contributed by atoms with van der Waals surface area (Å²) in [5.74, 6) is 0.753. The van der Waals surface area contributed by atoms with Crippen molar-refractivity contribution in [2.24, 2.45) is 0 Å². The van der Waals surface area contributed by atoms with E-state index in [1.165, 1.54) is 0 Å². The lowest BCUT2D eigenvalue weighted by Crippen LogP contribution is -2.10. The first-order valence-electron chi connectivity index (χ1n) is 5.25. The van der Waals surface area contributed by atoms with Gasteiger partial charge in [-0.3, -0.25) is 0 Å². The summed E-state index contributed by atoms with van der Waals surface area (Å²) in [4.78, 5) is 0. The van der Waals surface area contributed by atoms with Gasteiger partial charge in [-0.1, -0.05) is 0 Å². The van der Waals surface area contributed by atoms with Crippen LogP contribution in [0.5, 0.6) is 0 Å². The Kier molecular flexibility index (Phi) is 14.4. The molecule has 0 saturated carbocycles. The van der Waals surface area contributed by atoms with E-state index in [9.17, 15) is 0 Å². The van der Waals surface area contributed by atoms with Gasteiger partial charge in [-0.2, -0.15) is 12.6 Å². The minimum Gasteiger partial charge on any atom is -0.385 e. The Hall–Kier alpha value is 0.190. The molecule has 0 bridgehead atoms. The van der Waals surface area contributed by atoms with E-state index in [1.54, 1.807) is 7.11 Å². The number of hydrogen-bond acceptors (Lipinski definition) is 5. The number of thiol groups is 1. The van der Waals surface area contributed by atoms with Gasteiger partial charge in [0.2, 0.25) is 0 Å². The molecule has 0 N–H and O–H groups in total. The summed E-state index contributed by atoms with van der Waals surface area (Å²) in [5.41, 5.74) is 0. The van der Waals surface area contributed by atoms with E-state index in [1.807, 2.05) is 0 Å². The Labute approximate surface area is 97.6 Å². The van der Waals surface area contributed by atoms with E-state index in [-0.39, 0.29) is 0 Å². The van der Waals surface area contributed by atoms with Crippen LogP contribution in [0, 0.1) is 0 Å². The average molecular weight is 238 g/mol. The molecule has 92 valence electrons. The Morgan fingerprint density at radius 3 is 1.80 bits per heavy atom. The second kappa shape index (κ2) is 14.2. The van der Waals surface area contributed by atoms with Crippen LogP contribution in [-0.4, -0.2) is 59.1 Å². The molecule has 0 spiro atoms. The molecule has 5 heteroatoms. The van der Waals surface area contributed by atoms with E-state index in [2.05, 4.69) is 12.6 Å². The van der Waals surface area contributed by atoms with Crippen LogP contribution in [-0.2, 0) is 18.9 Å². The third-order valence-electron chi connectivity index (χ3n) is 1.62. The Balaban J connectivity index is 2.81. The smallest absolute Gasteiger partial charge is 0.0701 e. The molecule has 0 aliphatic carbocycles. The number of rotatable bonds is 12. The van der Waals surface area contributed by atoms with E-state index >= 15 is 0 Å². The predicted molar refractivity (Wildman–Crippen MR) is 62.8 cm³/mol. The average Bonchev–Trinajstić information content (AvgIpc) is 2.26. The van der Waals surface area contributed by atoms with Crippen molar-refractivity contribution < 1.29 is 18.9 Å². The van der Waals surface area contributed by atoms with Gasteiger partial charge in [0.05, 0.1) is 33.0 Å². The normalized spacial score (nSPS) is 10.8. The number of methoxy groups -OCH3 is 1. The minimum atomic E-state index is 0.620. The maximum absolute atomic E-state index is 5.31. The van der Waals surface area contributed by atoms with E-state index in [0.29, 0.717) is 33.0 Å².